The highest BCUT2D eigenvalue weighted by molar-refractivity contribution is 5.29. The van der Waals surface area contributed by atoms with Crippen LogP contribution in [0.2, 0.25) is 0 Å². The predicted octanol–water partition coefficient (Wildman–Crippen LogP) is 1.77. The van der Waals surface area contributed by atoms with Gasteiger partial charge < -0.3 is 14.6 Å². The zero-order valence-electron chi connectivity index (χ0n) is 10.9. The highest BCUT2D eigenvalue weighted by Gasteiger charge is 2.12. The third-order valence-corrected chi connectivity index (χ3v) is 2.78. The van der Waals surface area contributed by atoms with Gasteiger partial charge in [0.2, 0.25) is 5.88 Å². The molecule has 0 saturated heterocycles. The average molecular weight is 260 g/mol. The van der Waals surface area contributed by atoms with Crippen LogP contribution in [0.1, 0.15) is 17.4 Å². The number of aliphatic hydroxyl groups excluding tert-OH is 1. The van der Waals surface area contributed by atoms with Gasteiger partial charge in [0.05, 0.1) is 19.9 Å². The van der Waals surface area contributed by atoms with Crippen LogP contribution in [0.25, 0.3) is 0 Å². The number of ether oxygens (including phenoxy) is 2. The van der Waals surface area contributed by atoms with Gasteiger partial charge in [0.25, 0.3) is 0 Å². The number of benzene rings is 1. The molecule has 2 aromatic rings. The van der Waals surface area contributed by atoms with Gasteiger partial charge in [-0.05, 0) is 17.7 Å². The summed E-state index contributed by atoms with van der Waals surface area (Å²) in [7, 11) is 3.14. The third kappa shape index (κ3) is 3.42. The summed E-state index contributed by atoms with van der Waals surface area (Å²) in [6.07, 6.45) is 1.13. The van der Waals surface area contributed by atoms with E-state index in [-0.39, 0.29) is 0 Å². The molecule has 0 aliphatic heterocycles. The fourth-order valence-corrected chi connectivity index (χ4v) is 1.77. The van der Waals surface area contributed by atoms with Crippen LogP contribution in [0.5, 0.6) is 11.6 Å². The van der Waals surface area contributed by atoms with Crippen LogP contribution in [0, 0.1) is 0 Å². The molecular weight excluding hydrogens is 244 g/mol. The molecule has 1 N–H and O–H groups in total. The molecule has 2 rings (SSSR count). The third-order valence-electron chi connectivity index (χ3n) is 2.78. The fraction of sp³-hybridized carbons (Fsp3) is 0.286. The summed E-state index contributed by atoms with van der Waals surface area (Å²) in [5.41, 5.74) is 1.51. The van der Waals surface area contributed by atoms with E-state index in [2.05, 4.69) is 9.97 Å². The van der Waals surface area contributed by atoms with Gasteiger partial charge >= 0.3 is 0 Å². The summed E-state index contributed by atoms with van der Waals surface area (Å²) in [6, 6.07) is 9.21. The van der Waals surface area contributed by atoms with E-state index in [1.165, 1.54) is 13.4 Å². The molecule has 5 heteroatoms. The largest absolute Gasteiger partial charge is 0.497 e. The highest BCUT2D eigenvalue weighted by atomic mass is 16.5. The topological polar surface area (TPSA) is 64.5 Å². The highest BCUT2D eigenvalue weighted by Crippen LogP contribution is 2.21. The minimum atomic E-state index is -0.705. The van der Waals surface area contributed by atoms with Crippen LogP contribution in [0.3, 0.4) is 0 Å². The van der Waals surface area contributed by atoms with Gasteiger partial charge in [-0.1, -0.05) is 12.1 Å². The smallest absolute Gasteiger partial charge is 0.216 e. The van der Waals surface area contributed by atoms with E-state index in [9.17, 15) is 5.11 Å². The summed E-state index contributed by atoms with van der Waals surface area (Å²) in [6.45, 7) is 0. The van der Waals surface area contributed by atoms with Crippen molar-refractivity contribution in [3.8, 4) is 11.6 Å². The Hall–Kier alpha value is -2.14. The maximum atomic E-state index is 10.2. The molecule has 1 aromatic heterocycles. The van der Waals surface area contributed by atoms with E-state index >= 15 is 0 Å². The second kappa shape index (κ2) is 6.15. The summed E-state index contributed by atoms with van der Waals surface area (Å²) in [5, 5.41) is 10.2. The molecule has 19 heavy (non-hydrogen) atoms. The first kappa shape index (κ1) is 13.3. The molecular formula is C14H16N2O3. The second-order valence-electron chi connectivity index (χ2n) is 4.06. The Morgan fingerprint density at radius 3 is 2.74 bits per heavy atom. The molecule has 1 heterocycles. The summed E-state index contributed by atoms with van der Waals surface area (Å²) >= 11 is 0. The maximum Gasteiger partial charge on any atom is 0.216 e. The number of hydrogen-bond acceptors (Lipinski definition) is 5. The number of hydrogen-bond donors (Lipinski definition) is 1. The summed E-state index contributed by atoms with van der Waals surface area (Å²) < 4.78 is 10.2. The van der Waals surface area contributed by atoms with Crippen LogP contribution in [-0.2, 0) is 6.42 Å². The lowest BCUT2D eigenvalue weighted by atomic mass is 10.1. The van der Waals surface area contributed by atoms with Crippen molar-refractivity contribution < 1.29 is 14.6 Å². The molecule has 1 atom stereocenters. The second-order valence-corrected chi connectivity index (χ2v) is 4.06. The lowest BCUT2D eigenvalue weighted by Crippen LogP contribution is -2.05. The van der Waals surface area contributed by atoms with Crippen molar-refractivity contribution in [3.63, 3.8) is 0 Å². The van der Waals surface area contributed by atoms with E-state index in [1.54, 1.807) is 13.2 Å². The Balaban J connectivity index is 2.13. The molecule has 0 saturated carbocycles. The van der Waals surface area contributed by atoms with Crippen LogP contribution in [0.4, 0.5) is 0 Å². The van der Waals surface area contributed by atoms with Gasteiger partial charge in [0.15, 0.2) is 0 Å². The molecule has 0 aliphatic carbocycles. The predicted molar refractivity (Wildman–Crippen MR) is 70.2 cm³/mol. The van der Waals surface area contributed by atoms with Crippen molar-refractivity contribution in [1.29, 1.82) is 0 Å². The van der Waals surface area contributed by atoms with E-state index < -0.39 is 6.10 Å². The Morgan fingerprint density at radius 1 is 1.16 bits per heavy atom. The van der Waals surface area contributed by atoms with Crippen LogP contribution >= 0.6 is 0 Å². The Morgan fingerprint density at radius 2 is 2.00 bits per heavy atom. The van der Waals surface area contributed by atoms with Gasteiger partial charge in [-0.15, -0.1) is 0 Å². The van der Waals surface area contributed by atoms with Crippen molar-refractivity contribution >= 4 is 0 Å². The first-order chi connectivity index (χ1) is 9.22. The number of methoxy groups -OCH3 is 2. The molecule has 1 unspecified atom stereocenters. The van der Waals surface area contributed by atoms with Gasteiger partial charge in [-0.25, -0.2) is 9.97 Å². The lowest BCUT2D eigenvalue weighted by Gasteiger charge is -2.11. The average Bonchev–Trinajstić information content (AvgIpc) is 2.47. The molecule has 100 valence electrons. The normalized spacial score (nSPS) is 11.9. The van der Waals surface area contributed by atoms with E-state index in [0.29, 0.717) is 18.0 Å². The number of aromatic nitrogens is 2. The van der Waals surface area contributed by atoms with Gasteiger partial charge in [-0.3, -0.25) is 0 Å². The van der Waals surface area contributed by atoms with E-state index in [1.807, 2.05) is 24.3 Å². The fourth-order valence-electron chi connectivity index (χ4n) is 1.77. The zero-order valence-corrected chi connectivity index (χ0v) is 10.9. The Bertz CT molecular complexity index is 546. The number of aliphatic hydroxyl groups is 1. The van der Waals surface area contributed by atoms with Crippen LogP contribution < -0.4 is 9.47 Å². The molecule has 0 fully saturated rings. The summed E-state index contributed by atoms with van der Waals surface area (Å²) in [4.78, 5) is 7.96. The molecule has 0 spiro atoms. The molecule has 0 radical (unpaired) electrons. The molecule has 0 aliphatic rings. The molecule has 0 bridgehead atoms. The minimum Gasteiger partial charge on any atom is -0.497 e. The quantitative estimate of drug-likeness (QED) is 0.887. The SMILES string of the molecule is COc1cccc(CC(O)c2cc(OC)ncn2)c1. The molecule has 0 amide bonds. The maximum absolute atomic E-state index is 10.2. The monoisotopic (exact) mass is 260 g/mol. The van der Waals surface area contributed by atoms with Crippen LogP contribution in [-0.4, -0.2) is 29.3 Å². The van der Waals surface area contributed by atoms with Gasteiger partial charge in [0, 0.05) is 12.5 Å². The Labute approximate surface area is 111 Å². The van der Waals surface area contributed by atoms with Crippen LogP contribution in [0.15, 0.2) is 36.7 Å². The van der Waals surface area contributed by atoms with Crippen molar-refractivity contribution in [2.45, 2.75) is 12.5 Å². The first-order valence-electron chi connectivity index (χ1n) is 5.90. The van der Waals surface area contributed by atoms with Crippen molar-refractivity contribution in [2.75, 3.05) is 14.2 Å². The molecule has 1 aromatic carbocycles. The van der Waals surface area contributed by atoms with Crippen molar-refractivity contribution in [1.82, 2.24) is 9.97 Å². The van der Waals surface area contributed by atoms with Gasteiger partial charge in [-0.2, -0.15) is 0 Å². The summed E-state index contributed by atoms with van der Waals surface area (Å²) in [5.74, 6) is 1.21. The number of nitrogens with zero attached hydrogens (tertiary/aromatic N) is 2. The molecule has 5 nitrogen and oxygen atoms in total. The first-order valence-corrected chi connectivity index (χ1v) is 5.90. The zero-order chi connectivity index (χ0) is 13.7. The van der Waals surface area contributed by atoms with E-state index in [0.717, 1.165) is 11.3 Å². The van der Waals surface area contributed by atoms with Crippen molar-refractivity contribution in [2.24, 2.45) is 0 Å². The van der Waals surface area contributed by atoms with Crippen molar-refractivity contribution in [3.05, 3.63) is 47.9 Å². The lowest BCUT2D eigenvalue weighted by molar-refractivity contribution is 0.172. The minimum absolute atomic E-state index is 0.440. The number of rotatable bonds is 5. The van der Waals surface area contributed by atoms with Gasteiger partial charge in [0.1, 0.15) is 18.2 Å². The van der Waals surface area contributed by atoms with E-state index in [4.69, 9.17) is 9.47 Å². The standard InChI is InChI=1S/C14H16N2O3/c1-18-11-5-3-4-10(6-11)7-13(17)12-8-14(19-2)16-9-15-12/h3-6,8-9,13,17H,7H2,1-2H3. The Kier molecular flexibility index (Phi) is 4.30.